The highest BCUT2D eigenvalue weighted by Crippen LogP contribution is 2.27. The van der Waals surface area contributed by atoms with Gasteiger partial charge in [-0.15, -0.1) is 0 Å². The lowest BCUT2D eigenvalue weighted by molar-refractivity contribution is -0.120. The van der Waals surface area contributed by atoms with E-state index in [4.69, 9.17) is 0 Å². The molecule has 108 valence electrons. The Bertz CT molecular complexity index is 511. The van der Waals surface area contributed by atoms with Crippen LogP contribution in [0.4, 0.5) is 15.8 Å². The van der Waals surface area contributed by atoms with Gasteiger partial charge in [-0.3, -0.25) is 9.59 Å². The maximum absolute atomic E-state index is 13.3. The third kappa shape index (κ3) is 3.79. The molecule has 0 bridgehead atoms. The van der Waals surface area contributed by atoms with Crippen molar-refractivity contribution in [1.82, 2.24) is 0 Å². The molecule has 5 heteroatoms. The predicted molar refractivity (Wildman–Crippen MR) is 75.9 cm³/mol. The van der Waals surface area contributed by atoms with Gasteiger partial charge in [-0.1, -0.05) is 19.3 Å². The summed E-state index contributed by atoms with van der Waals surface area (Å²) in [4.78, 5) is 23.3. The van der Waals surface area contributed by atoms with Crippen LogP contribution in [0, 0.1) is 11.7 Å². The minimum absolute atomic E-state index is 0.0165. The van der Waals surface area contributed by atoms with Crippen LogP contribution in [0.15, 0.2) is 18.2 Å². The van der Waals surface area contributed by atoms with Gasteiger partial charge in [0.25, 0.3) is 0 Å². The molecule has 4 nitrogen and oxygen atoms in total. The number of hydrogen-bond acceptors (Lipinski definition) is 2. The zero-order valence-corrected chi connectivity index (χ0v) is 11.5. The van der Waals surface area contributed by atoms with Crippen molar-refractivity contribution in [1.29, 1.82) is 0 Å². The molecule has 20 heavy (non-hydrogen) atoms. The lowest BCUT2D eigenvalue weighted by Gasteiger charge is -2.21. The van der Waals surface area contributed by atoms with E-state index in [1.807, 2.05) is 0 Å². The minimum atomic E-state index is -0.446. The van der Waals surface area contributed by atoms with Crippen LogP contribution in [0.5, 0.6) is 0 Å². The highest BCUT2D eigenvalue weighted by atomic mass is 19.1. The number of hydrogen-bond donors (Lipinski definition) is 2. The number of halogens is 1. The second-order valence-corrected chi connectivity index (χ2v) is 5.20. The maximum atomic E-state index is 13.3. The highest BCUT2D eigenvalue weighted by Gasteiger charge is 2.22. The van der Waals surface area contributed by atoms with E-state index < -0.39 is 5.82 Å². The maximum Gasteiger partial charge on any atom is 0.227 e. The standard InChI is InChI=1S/C15H19FN2O2/c1-10(19)17-13-8-7-12(16)9-14(13)18-15(20)11-5-3-2-4-6-11/h7-9,11H,2-6H2,1H3,(H,17,19)(H,18,20). The molecule has 1 saturated carbocycles. The largest absolute Gasteiger partial charge is 0.325 e. The fraction of sp³-hybridized carbons (Fsp3) is 0.467. The summed E-state index contributed by atoms with van der Waals surface area (Å²) >= 11 is 0. The summed E-state index contributed by atoms with van der Waals surface area (Å²) in [5, 5.41) is 5.32. The molecule has 1 fully saturated rings. The van der Waals surface area contributed by atoms with Crippen LogP contribution in [-0.2, 0) is 9.59 Å². The minimum Gasteiger partial charge on any atom is -0.325 e. The molecule has 0 radical (unpaired) electrons. The molecule has 2 N–H and O–H groups in total. The van der Waals surface area contributed by atoms with Gasteiger partial charge in [0.15, 0.2) is 0 Å². The average Bonchev–Trinajstić information content (AvgIpc) is 2.42. The SMILES string of the molecule is CC(=O)Nc1ccc(F)cc1NC(=O)C1CCCCC1. The van der Waals surface area contributed by atoms with Crippen LogP contribution in [0.2, 0.25) is 0 Å². The first-order valence-electron chi connectivity index (χ1n) is 6.94. The lowest BCUT2D eigenvalue weighted by atomic mass is 9.88. The summed E-state index contributed by atoms with van der Waals surface area (Å²) in [6.45, 7) is 1.37. The topological polar surface area (TPSA) is 58.2 Å². The van der Waals surface area contributed by atoms with Gasteiger partial charge < -0.3 is 10.6 Å². The number of benzene rings is 1. The molecule has 1 aromatic carbocycles. The number of nitrogens with one attached hydrogen (secondary N) is 2. The van der Waals surface area contributed by atoms with Crippen molar-refractivity contribution in [2.75, 3.05) is 10.6 Å². The molecule has 0 aliphatic heterocycles. The van der Waals surface area contributed by atoms with Crippen LogP contribution in [0.3, 0.4) is 0 Å². The van der Waals surface area contributed by atoms with Gasteiger partial charge in [0.2, 0.25) is 11.8 Å². The van der Waals surface area contributed by atoms with Crippen molar-refractivity contribution in [2.24, 2.45) is 5.92 Å². The zero-order valence-electron chi connectivity index (χ0n) is 11.5. The van der Waals surface area contributed by atoms with Crippen molar-refractivity contribution in [2.45, 2.75) is 39.0 Å². The first-order valence-corrected chi connectivity index (χ1v) is 6.94. The zero-order chi connectivity index (χ0) is 14.5. The summed E-state index contributed by atoms with van der Waals surface area (Å²) in [6, 6.07) is 3.93. The van der Waals surface area contributed by atoms with E-state index in [-0.39, 0.29) is 17.7 Å². The summed E-state index contributed by atoms with van der Waals surface area (Å²) < 4.78 is 13.3. The van der Waals surface area contributed by atoms with Crippen LogP contribution in [-0.4, -0.2) is 11.8 Å². The van der Waals surface area contributed by atoms with E-state index in [0.717, 1.165) is 25.7 Å². The van der Waals surface area contributed by atoms with E-state index in [1.54, 1.807) is 0 Å². The van der Waals surface area contributed by atoms with E-state index in [9.17, 15) is 14.0 Å². The Kier molecular flexibility index (Phi) is 4.71. The van der Waals surface area contributed by atoms with E-state index in [1.165, 1.54) is 31.5 Å². The number of carbonyl (C=O) groups excluding carboxylic acids is 2. The van der Waals surface area contributed by atoms with Crippen molar-refractivity contribution in [3.05, 3.63) is 24.0 Å². The van der Waals surface area contributed by atoms with Crippen LogP contribution >= 0.6 is 0 Å². The van der Waals surface area contributed by atoms with Gasteiger partial charge in [0.05, 0.1) is 11.4 Å². The molecule has 0 unspecified atom stereocenters. The Morgan fingerprint density at radius 3 is 2.45 bits per heavy atom. The Balaban J connectivity index is 2.12. The molecule has 2 amide bonds. The average molecular weight is 278 g/mol. The van der Waals surface area contributed by atoms with E-state index in [2.05, 4.69) is 10.6 Å². The number of anilines is 2. The van der Waals surface area contributed by atoms with Crippen molar-refractivity contribution in [3.8, 4) is 0 Å². The molecule has 0 heterocycles. The quantitative estimate of drug-likeness (QED) is 0.891. The van der Waals surface area contributed by atoms with Crippen LogP contribution in [0.1, 0.15) is 39.0 Å². The summed E-state index contributed by atoms with van der Waals surface area (Å²) in [7, 11) is 0. The Labute approximate surface area is 117 Å². The second-order valence-electron chi connectivity index (χ2n) is 5.20. The molecular formula is C15H19FN2O2. The molecule has 0 atom stereocenters. The van der Waals surface area contributed by atoms with Crippen LogP contribution in [0.25, 0.3) is 0 Å². The molecule has 0 spiro atoms. The Hall–Kier alpha value is -1.91. The third-order valence-electron chi connectivity index (χ3n) is 3.53. The third-order valence-corrected chi connectivity index (χ3v) is 3.53. The van der Waals surface area contributed by atoms with Gasteiger partial charge in [0, 0.05) is 12.8 Å². The van der Waals surface area contributed by atoms with Gasteiger partial charge in [-0.2, -0.15) is 0 Å². The van der Waals surface area contributed by atoms with Gasteiger partial charge in [-0.25, -0.2) is 4.39 Å². The van der Waals surface area contributed by atoms with Crippen molar-refractivity contribution in [3.63, 3.8) is 0 Å². The van der Waals surface area contributed by atoms with Gasteiger partial charge in [-0.05, 0) is 31.0 Å². The first kappa shape index (κ1) is 14.5. The molecule has 1 aliphatic carbocycles. The molecule has 2 rings (SSSR count). The van der Waals surface area contributed by atoms with Crippen molar-refractivity contribution >= 4 is 23.2 Å². The monoisotopic (exact) mass is 278 g/mol. The second kappa shape index (κ2) is 6.50. The van der Waals surface area contributed by atoms with E-state index in [0.29, 0.717) is 11.4 Å². The van der Waals surface area contributed by atoms with Crippen molar-refractivity contribution < 1.29 is 14.0 Å². The molecule has 1 aliphatic rings. The lowest BCUT2D eigenvalue weighted by Crippen LogP contribution is -2.25. The molecule has 0 saturated heterocycles. The normalized spacial score (nSPS) is 15.7. The fourth-order valence-corrected chi connectivity index (χ4v) is 2.52. The Morgan fingerprint density at radius 2 is 1.80 bits per heavy atom. The molecular weight excluding hydrogens is 259 g/mol. The summed E-state index contributed by atoms with van der Waals surface area (Å²) in [5.41, 5.74) is 0.735. The predicted octanol–water partition coefficient (Wildman–Crippen LogP) is 3.30. The first-order chi connectivity index (χ1) is 9.56. The highest BCUT2D eigenvalue weighted by molar-refractivity contribution is 5.99. The summed E-state index contributed by atoms with van der Waals surface area (Å²) in [5.74, 6) is -0.818. The molecule has 0 aromatic heterocycles. The number of carbonyl (C=O) groups is 2. The molecule has 1 aromatic rings. The number of rotatable bonds is 3. The Morgan fingerprint density at radius 1 is 1.10 bits per heavy atom. The fourth-order valence-electron chi connectivity index (χ4n) is 2.52. The number of amides is 2. The van der Waals surface area contributed by atoms with E-state index >= 15 is 0 Å². The van der Waals surface area contributed by atoms with Gasteiger partial charge >= 0.3 is 0 Å². The smallest absolute Gasteiger partial charge is 0.227 e. The summed E-state index contributed by atoms with van der Waals surface area (Å²) in [6.07, 6.45) is 5.02. The van der Waals surface area contributed by atoms with Crippen LogP contribution < -0.4 is 10.6 Å². The van der Waals surface area contributed by atoms with Gasteiger partial charge in [0.1, 0.15) is 5.82 Å².